The van der Waals surface area contributed by atoms with Crippen LogP contribution in [0.25, 0.3) is 0 Å². The molecule has 1 saturated carbocycles. The summed E-state index contributed by atoms with van der Waals surface area (Å²) >= 11 is 0. The quantitative estimate of drug-likeness (QED) is 0.759. The van der Waals surface area contributed by atoms with Crippen LogP contribution in [0.1, 0.15) is 66.2 Å². The fraction of sp³-hybridized carbons (Fsp3) is 1.00. The van der Waals surface area contributed by atoms with Crippen molar-refractivity contribution in [2.45, 2.75) is 78.3 Å². The Morgan fingerprint density at radius 1 is 1.21 bits per heavy atom. The first-order chi connectivity index (χ1) is 8.99. The first-order valence-electron chi connectivity index (χ1n) is 8.41. The Kier molecular flexibility index (Phi) is 7.38. The average Bonchev–Trinajstić information content (AvgIpc) is 2.37. The maximum atomic E-state index is 6.03. The molecular formula is C17H36N2. The van der Waals surface area contributed by atoms with Crippen LogP contribution in [-0.2, 0) is 0 Å². The summed E-state index contributed by atoms with van der Waals surface area (Å²) in [6.07, 6.45) is 8.14. The van der Waals surface area contributed by atoms with Gasteiger partial charge in [0.2, 0.25) is 0 Å². The van der Waals surface area contributed by atoms with E-state index in [2.05, 4.69) is 39.6 Å². The van der Waals surface area contributed by atoms with Crippen LogP contribution >= 0.6 is 0 Å². The molecule has 0 aliphatic heterocycles. The standard InChI is InChI=1S/C17H36N2/c1-6-7-15-8-9-16(12-18)17(11-15)19(5)14(4)10-13(2)3/h13-17H,6-12,18H2,1-5H3. The lowest BCUT2D eigenvalue weighted by Gasteiger charge is -2.43. The van der Waals surface area contributed by atoms with Gasteiger partial charge in [0.25, 0.3) is 0 Å². The van der Waals surface area contributed by atoms with Crippen molar-refractivity contribution in [1.29, 1.82) is 0 Å². The van der Waals surface area contributed by atoms with E-state index < -0.39 is 0 Å². The molecule has 19 heavy (non-hydrogen) atoms. The molecule has 4 unspecified atom stereocenters. The number of nitrogens with two attached hydrogens (primary N) is 1. The minimum atomic E-state index is 0.680. The molecule has 2 N–H and O–H groups in total. The molecule has 0 heterocycles. The van der Waals surface area contributed by atoms with E-state index in [1.165, 1.54) is 38.5 Å². The van der Waals surface area contributed by atoms with Gasteiger partial charge < -0.3 is 10.6 Å². The Labute approximate surface area is 121 Å². The second kappa shape index (κ2) is 8.26. The van der Waals surface area contributed by atoms with Crippen molar-refractivity contribution in [2.24, 2.45) is 23.5 Å². The monoisotopic (exact) mass is 268 g/mol. The summed E-state index contributed by atoms with van der Waals surface area (Å²) in [4.78, 5) is 2.64. The van der Waals surface area contributed by atoms with Gasteiger partial charge in [-0.15, -0.1) is 0 Å². The summed E-state index contributed by atoms with van der Waals surface area (Å²) in [7, 11) is 2.33. The van der Waals surface area contributed by atoms with E-state index in [1.807, 2.05) is 0 Å². The molecule has 0 bridgehead atoms. The predicted octanol–water partition coefficient (Wildman–Crippen LogP) is 3.90. The van der Waals surface area contributed by atoms with Gasteiger partial charge in [-0.3, -0.25) is 0 Å². The summed E-state index contributed by atoms with van der Waals surface area (Å²) < 4.78 is 0. The van der Waals surface area contributed by atoms with Gasteiger partial charge in [-0.05, 0) is 57.5 Å². The predicted molar refractivity (Wildman–Crippen MR) is 85.3 cm³/mol. The summed E-state index contributed by atoms with van der Waals surface area (Å²) in [6.45, 7) is 10.2. The highest BCUT2D eigenvalue weighted by molar-refractivity contribution is 4.88. The molecule has 1 aliphatic rings. The molecule has 0 aromatic carbocycles. The third-order valence-electron chi connectivity index (χ3n) is 5.10. The molecule has 0 aromatic heterocycles. The maximum Gasteiger partial charge on any atom is 0.0138 e. The molecule has 0 amide bonds. The lowest BCUT2D eigenvalue weighted by atomic mass is 9.75. The van der Waals surface area contributed by atoms with Crippen molar-refractivity contribution >= 4 is 0 Å². The first kappa shape index (κ1) is 17.0. The van der Waals surface area contributed by atoms with E-state index in [9.17, 15) is 0 Å². The van der Waals surface area contributed by atoms with Gasteiger partial charge in [-0.1, -0.05) is 40.0 Å². The van der Waals surface area contributed by atoms with Crippen LogP contribution in [0.2, 0.25) is 0 Å². The van der Waals surface area contributed by atoms with E-state index in [-0.39, 0.29) is 0 Å². The van der Waals surface area contributed by atoms with Crippen LogP contribution in [-0.4, -0.2) is 30.6 Å². The van der Waals surface area contributed by atoms with E-state index in [0.717, 1.165) is 18.4 Å². The molecule has 0 aromatic rings. The second-order valence-electron chi connectivity index (χ2n) is 7.17. The minimum Gasteiger partial charge on any atom is -0.330 e. The lowest BCUT2D eigenvalue weighted by molar-refractivity contribution is 0.0654. The van der Waals surface area contributed by atoms with Crippen LogP contribution in [0.4, 0.5) is 0 Å². The van der Waals surface area contributed by atoms with E-state index in [4.69, 9.17) is 5.73 Å². The van der Waals surface area contributed by atoms with Crippen molar-refractivity contribution < 1.29 is 0 Å². The van der Waals surface area contributed by atoms with E-state index in [0.29, 0.717) is 18.0 Å². The van der Waals surface area contributed by atoms with Gasteiger partial charge in [0.1, 0.15) is 0 Å². The minimum absolute atomic E-state index is 0.680. The number of hydrogen-bond acceptors (Lipinski definition) is 2. The largest absolute Gasteiger partial charge is 0.330 e. The van der Waals surface area contributed by atoms with Gasteiger partial charge in [-0.2, -0.15) is 0 Å². The highest BCUT2D eigenvalue weighted by atomic mass is 15.2. The number of rotatable bonds is 7. The molecule has 2 nitrogen and oxygen atoms in total. The Balaban J connectivity index is 2.62. The number of nitrogens with zero attached hydrogens (tertiary/aromatic N) is 1. The summed E-state index contributed by atoms with van der Waals surface area (Å²) in [5.74, 6) is 2.43. The SMILES string of the molecule is CCCC1CCC(CN)C(N(C)C(C)CC(C)C)C1. The average molecular weight is 268 g/mol. The molecule has 1 fully saturated rings. The van der Waals surface area contributed by atoms with Crippen LogP contribution in [0.5, 0.6) is 0 Å². The topological polar surface area (TPSA) is 29.3 Å². The molecule has 0 saturated heterocycles. The van der Waals surface area contributed by atoms with Crippen molar-refractivity contribution in [3.63, 3.8) is 0 Å². The van der Waals surface area contributed by atoms with Crippen molar-refractivity contribution in [1.82, 2.24) is 4.90 Å². The zero-order valence-corrected chi connectivity index (χ0v) is 13.9. The van der Waals surface area contributed by atoms with Gasteiger partial charge in [0, 0.05) is 12.1 Å². The van der Waals surface area contributed by atoms with Gasteiger partial charge in [-0.25, -0.2) is 0 Å². The zero-order valence-electron chi connectivity index (χ0n) is 13.9. The summed E-state index contributed by atoms with van der Waals surface area (Å²) in [6, 6.07) is 1.39. The summed E-state index contributed by atoms with van der Waals surface area (Å²) in [5.41, 5.74) is 6.03. The normalized spacial score (nSPS) is 30.0. The molecule has 0 spiro atoms. The highest BCUT2D eigenvalue weighted by Crippen LogP contribution is 2.35. The highest BCUT2D eigenvalue weighted by Gasteiger charge is 2.33. The third kappa shape index (κ3) is 5.07. The number of hydrogen-bond donors (Lipinski definition) is 1. The van der Waals surface area contributed by atoms with Gasteiger partial charge in [0.15, 0.2) is 0 Å². The maximum absolute atomic E-state index is 6.03. The van der Waals surface area contributed by atoms with Crippen LogP contribution in [0.3, 0.4) is 0 Å². The molecule has 2 heteroatoms. The Bertz CT molecular complexity index is 239. The third-order valence-corrected chi connectivity index (χ3v) is 5.10. The van der Waals surface area contributed by atoms with Crippen LogP contribution in [0, 0.1) is 17.8 Å². The smallest absolute Gasteiger partial charge is 0.0138 e. The molecule has 0 radical (unpaired) electrons. The zero-order chi connectivity index (χ0) is 14.4. The lowest BCUT2D eigenvalue weighted by Crippen LogP contribution is -2.48. The molecular weight excluding hydrogens is 232 g/mol. The molecule has 1 rings (SSSR count). The molecule has 1 aliphatic carbocycles. The van der Waals surface area contributed by atoms with Crippen molar-refractivity contribution in [3.8, 4) is 0 Å². The van der Waals surface area contributed by atoms with Crippen molar-refractivity contribution in [3.05, 3.63) is 0 Å². The summed E-state index contributed by atoms with van der Waals surface area (Å²) in [5, 5.41) is 0. The van der Waals surface area contributed by atoms with Gasteiger partial charge in [0.05, 0.1) is 0 Å². The van der Waals surface area contributed by atoms with Crippen LogP contribution < -0.4 is 5.73 Å². The van der Waals surface area contributed by atoms with E-state index >= 15 is 0 Å². The fourth-order valence-electron chi connectivity index (χ4n) is 3.91. The Morgan fingerprint density at radius 3 is 2.42 bits per heavy atom. The first-order valence-corrected chi connectivity index (χ1v) is 8.41. The van der Waals surface area contributed by atoms with Gasteiger partial charge >= 0.3 is 0 Å². The van der Waals surface area contributed by atoms with Crippen molar-refractivity contribution in [2.75, 3.05) is 13.6 Å². The second-order valence-corrected chi connectivity index (χ2v) is 7.17. The molecule has 114 valence electrons. The van der Waals surface area contributed by atoms with Crippen LogP contribution in [0.15, 0.2) is 0 Å². The fourth-order valence-corrected chi connectivity index (χ4v) is 3.91. The van der Waals surface area contributed by atoms with E-state index in [1.54, 1.807) is 0 Å². The Hall–Kier alpha value is -0.0800. The Morgan fingerprint density at radius 2 is 1.89 bits per heavy atom. The molecule has 4 atom stereocenters.